The number of rotatable bonds is 4. The number of nitrogens with zero attached hydrogens (tertiary/aromatic N) is 1. The number of hydrogen-bond acceptors (Lipinski definition) is 3. The Hall–Kier alpha value is -2.39. The van der Waals surface area contributed by atoms with Gasteiger partial charge in [-0.25, -0.2) is 4.98 Å². The highest BCUT2D eigenvalue weighted by molar-refractivity contribution is 5.78. The fraction of sp³-hybridized carbons (Fsp3) is 0.167. The Morgan fingerprint density at radius 2 is 1.76 bits per heavy atom. The molecule has 3 nitrogen and oxygen atoms in total. The highest BCUT2D eigenvalue weighted by atomic mass is 16.5. The number of hydrogen-bond donors (Lipinski definition) is 1. The molecule has 0 bridgehead atoms. The lowest BCUT2D eigenvalue weighted by Crippen LogP contribution is -2.08. The molecule has 0 saturated heterocycles. The second kappa shape index (κ2) is 5.94. The third-order valence-corrected chi connectivity index (χ3v) is 3.44. The van der Waals surface area contributed by atoms with Gasteiger partial charge in [-0.2, -0.15) is 0 Å². The largest absolute Gasteiger partial charge is 0.487 e. The zero-order valence-electron chi connectivity index (χ0n) is 12.0. The van der Waals surface area contributed by atoms with E-state index < -0.39 is 0 Å². The van der Waals surface area contributed by atoms with Crippen molar-refractivity contribution in [2.45, 2.75) is 19.6 Å². The van der Waals surface area contributed by atoms with Crippen LogP contribution in [-0.4, -0.2) is 4.98 Å². The summed E-state index contributed by atoms with van der Waals surface area (Å²) >= 11 is 0. The normalized spacial score (nSPS) is 12.3. The average Bonchev–Trinajstić information content (AvgIpc) is 2.53. The maximum atomic E-state index is 5.96. The molecule has 3 heteroatoms. The maximum Gasteiger partial charge on any atom is 0.130 e. The van der Waals surface area contributed by atoms with Gasteiger partial charge in [-0.3, -0.25) is 0 Å². The molecule has 3 rings (SSSR count). The van der Waals surface area contributed by atoms with Crippen LogP contribution >= 0.6 is 0 Å². The van der Waals surface area contributed by atoms with Crippen molar-refractivity contribution in [2.75, 3.05) is 0 Å². The summed E-state index contributed by atoms with van der Waals surface area (Å²) in [5, 5.41) is 1.14. The Balaban J connectivity index is 1.80. The first-order valence-electron chi connectivity index (χ1n) is 7.06. The van der Waals surface area contributed by atoms with Crippen molar-refractivity contribution >= 4 is 10.9 Å². The Labute approximate surface area is 124 Å². The van der Waals surface area contributed by atoms with Gasteiger partial charge in [0, 0.05) is 17.0 Å². The van der Waals surface area contributed by atoms with Crippen molar-refractivity contribution in [1.29, 1.82) is 0 Å². The highest BCUT2D eigenvalue weighted by Crippen LogP contribution is 2.24. The van der Waals surface area contributed by atoms with Crippen molar-refractivity contribution in [3.63, 3.8) is 0 Å². The van der Waals surface area contributed by atoms with E-state index >= 15 is 0 Å². The zero-order valence-corrected chi connectivity index (χ0v) is 12.0. The molecule has 106 valence electrons. The minimum atomic E-state index is -0.0502. The molecule has 0 saturated carbocycles. The van der Waals surface area contributed by atoms with Gasteiger partial charge in [0.2, 0.25) is 0 Å². The summed E-state index contributed by atoms with van der Waals surface area (Å²) < 4.78 is 5.89. The van der Waals surface area contributed by atoms with Gasteiger partial charge in [0.1, 0.15) is 12.4 Å². The van der Waals surface area contributed by atoms with Crippen LogP contribution in [0, 0.1) is 0 Å². The van der Waals surface area contributed by atoms with Crippen LogP contribution in [0.25, 0.3) is 10.9 Å². The molecule has 0 fully saturated rings. The molecule has 0 aliphatic rings. The van der Waals surface area contributed by atoms with Crippen molar-refractivity contribution < 1.29 is 4.74 Å². The van der Waals surface area contributed by atoms with Gasteiger partial charge in [-0.1, -0.05) is 42.5 Å². The monoisotopic (exact) mass is 278 g/mol. The lowest BCUT2D eigenvalue weighted by Gasteiger charge is -2.13. The highest BCUT2D eigenvalue weighted by Gasteiger charge is 2.07. The van der Waals surface area contributed by atoms with E-state index in [4.69, 9.17) is 10.5 Å². The lowest BCUT2D eigenvalue weighted by atomic mass is 10.1. The Kier molecular flexibility index (Phi) is 3.84. The molecule has 0 aliphatic heterocycles. The van der Waals surface area contributed by atoms with Gasteiger partial charge in [-0.15, -0.1) is 0 Å². The topological polar surface area (TPSA) is 48.1 Å². The van der Waals surface area contributed by atoms with Gasteiger partial charge >= 0.3 is 0 Å². The summed E-state index contributed by atoms with van der Waals surface area (Å²) in [6.45, 7) is 2.39. The molecule has 1 atom stereocenters. The molecule has 2 aromatic carbocycles. The molecule has 0 spiro atoms. The number of pyridine rings is 1. The second-order valence-electron chi connectivity index (χ2n) is 5.11. The summed E-state index contributed by atoms with van der Waals surface area (Å²) in [5.41, 5.74) is 8.87. The van der Waals surface area contributed by atoms with E-state index in [1.165, 1.54) is 0 Å². The fourth-order valence-corrected chi connectivity index (χ4v) is 2.33. The molecular formula is C18H18N2O. The summed E-state index contributed by atoms with van der Waals surface area (Å²) in [5.74, 6) is 0.822. The summed E-state index contributed by atoms with van der Waals surface area (Å²) in [6, 6.07) is 19.9. The van der Waals surface area contributed by atoms with Crippen LogP contribution in [0.3, 0.4) is 0 Å². The predicted octanol–water partition coefficient (Wildman–Crippen LogP) is 3.83. The van der Waals surface area contributed by atoms with Crippen molar-refractivity contribution in [3.8, 4) is 5.75 Å². The van der Waals surface area contributed by atoms with Gasteiger partial charge in [-0.05, 0) is 25.1 Å². The third kappa shape index (κ3) is 3.03. The standard InChI is InChI=1S/C18H18N2O/c1-13(19)16-7-3-5-9-18(16)21-12-15-11-10-14-6-2-4-8-17(14)20-15/h2-11,13H,12,19H2,1H3. The van der Waals surface area contributed by atoms with Crippen LogP contribution < -0.4 is 10.5 Å². The van der Waals surface area contributed by atoms with Gasteiger partial charge in [0.05, 0.1) is 11.2 Å². The summed E-state index contributed by atoms with van der Waals surface area (Å²) in [6.07, 6.45) is 0. The molecule has 3 aromatic rings. The van der Waals surface area contributed by atoms with E-state index in [0.717, 1.165) is 27.9 Å². The van der Waals surface area contributed by atoms with Gasteiger partial charge in [0.15, 0.2) is 0 Å². The SMILES string of the molecule is CC(N)c1ccccc1OCc1ccc2ccccc2n1. The first kappa shape index (κ1) is 13.6. The second-order valence-corrected chi connectivity index (χ2v) is 5.11. The molecule has 0 amide bonds. The summed E-state index contributed by atoms with van der Waals surface area (Å²) in [7, 11) is 0. The number of ether oxygens (including phenoxy) is 1. The molecule has 1 unspecified atom stereocenters. The van der Waals surface area contributed by atoms with Crippen molar-refractivity contribution in [2.24, 2.45) is 5.73 Å². The minimum absolute atomic E-state index is 0.0502. The zero-order chi connectivity index (χ0) is 14.7. The molecular weight excluding hydrogens is 260 g/mol. The third-order valence-electron chi connectivity index (χ3n) is 3.44. The first-order valence-corrected chi connectivity index (χ1v) is 7.06. The van der Waals surface area contributed by atoms with Crippen molar-refractivity contribution in [3.05, 3.63) is 71.9 Å². The van der Waals surface area contributed by atoms with Crippen LogP contribution in [0.5, 0.6) is 5.75 Å². The fourth-order valence-electron chi connectivity index (χ4n) is 2.33. The van der Waals surface area contributed by atoms with E-state index in [9.17, 15) is 0 Å². The van der Waals surface area contributed by atoms with E-state index in [0.29, 0.717) is 6.61 Å². The average molecular weight is 278 g/mol. The maximum absolute atomic E-state index is 5.96. The lowest BCUT2D eigenvalue weighted by molar-refractivity contribution is 0.297. The number of nitrogens with two attached hydrogens (primary N) is 1. The predicted molar refractivity (Wildman–Crippen MR) is 85.1 cm³/mol. The van der Waals surface area contributed by atoms with Crippen LogP contribution in [-0.2, 0) is 6.61 Å². The Morgan fingerprint density at radius 3 is 2.62 bits per heavy atom. The number of para-hydroxylation sites is 2. The van der Waals surface area contributed by atoms with Gasteiger partial charge < -0.3 is 10.5 Å². The van der Waals surface area contributed by atoms with Crippen LogP contribution in [0.1, 0.15) is 24.2 Å². The Bertz CT molecular complexity index is 753. The van der Waals surface area contributed by atoms with E-state index in [1.54, 1.807) is 0 Å². The van der Waals surface area contributed by atoms with E-state index in [1.807, 2.05) is 55.5 Å². The van der Waals surface area contributed by atoms with E-state index in [2.05, 4.69) is 17.1 Å². The first-order chi connectivity index (χ1) is 10.2. The number of fused-ring (bicyclic) bond motifs is 1. The quantitative estimate of drug-likeness (QED) is 0.789. The molecule has 1 heterocycles. The Morgan fingerprint density at radius 1 is 1.00 bits per heavy atom. The van der Waals surface area contributed by atoms with E-state index in [-0.39, 0.29) is 6.04 Å². The summed E-state index contributed by atoms with van der Waals surface area (Å²) in [4.78, 5) is 4.61. The number of aromatic nitrogens is 1. The molecule has 0 radical (unpaired) electrons. The molecule has 1 aromatic heterocycles. The minimum Gasteiger partial charge on any atom is -0.487 e. The van der Waals surface area contributed by atoms with Gasteiger partial charge in [0.25, 0.3) is 0 Å². The van der Waals surface area contributed by atoms with Crippen LogP contribution in [0.15, 0.2) is 60.7 Å². The van der Waals surface area contributed by atoms with Crippen LogP contribution in [0.2, 0.25) is 0 Å². The molecule has 2 N–H and O–H groups in total. The van der Waals surface area contributed by atoms with Crippen LogP contribution in [0.4, 0.5) is 0 Å². The molecule has 21 heavy (non-hydrogen) atoms. The number of benzene rings is 2. The van der Waals surface area contributed by atoms with Crippen molar-refractivity contribution in [1.82, 2.24) is 4.98 Å². The molecule has 0 aliphatic carbocycles. The smallest absolute Gasteiger partial charge is 0.130 e.